The minimum absolute atomic E-state index is 0.00421. The molecule has 136 valence electrons. The van der Waals surface area contributed by atoms with E-state index in [1.807, 2.05) is 0 Å². The van der Waals surface area contributed by atoms with Gasteiger partial charge in [-0.25, -0.2) is 26.3 Å². The van der Waals surface area contributed by atoms with E-state index in [9.17, 15) is 16.8 Å². The molecule has 0 aliphatic carbocycles. The second-order valence-corrected chi connectivity index (χ2v) is 8.83. The number of hydrogen-bond acceptors (Lipinski definition) is 7. The van der Waals surface area contributed by atoms with Crippen molar-refractivity contribution in [1.82, 2.24) is 9.44 Å². The van der Waals surface area contributed by atoms with Crippen LogP contribution in [0.4, 0.5) is 0 Å². The fourth-order valence-corrected chi connectivity index (χ4v) is 4.16. The molecule has 2 N–H and O–H groups in total. The van der Waals surface area contributed by atoms with Crippen molar-refractivity contribution in [2.75, 3.05) is 19.1 Å². The van der Waals surface area contributed by atoms with Crippen LogP contribution >= 0.6 is 0 Å². The first-order valence-electron chi connectivity index (χ1n) is 7.25. The van der Waals surface area contributed by atoms with Crippen LogP contribution in [-0.2, 0) is 26.6 Å². The van der Waals surface area contributed by atoms with Gasteiger partial charge in [-0.15, -0.1) is 0 Å². The Kier molecular flexibility index (Phi) is 4.99. The van der Waals surface area contributed by atoms with Crippen molar-refractivity contribution in [1.29, 1.82) is 0 Å². The molecule has 0 radical (unpaired) electrons. The normalized spacial score (nSPS) is 13.9. The summed E-state index contributed by atoms with van der Waals surface area (Å²) >= 11 is 0. The van der Waals surface area contributed by atoms with Crippen molar-refractivity contribution in [2.24, 2.45) is 0 Å². The number of sulfonamides is 2. The highest BCUT2D eigenvalue weighted by atomic mass is 32.2. The Labute approximate surface area is 145 Å². The molecule has 0 bridgehead atoms. The lowest BCUT2D eigenvalue weighted by Crippen LogP contribution is -2.34. The molecule has 3 rings (SSSR count). The number of furan rings is 1. The molecule has 11 heteroatoms. The van der Waals surface area contributed by atoms with Crippen molar-refractivity contribution in [3.8, 4) is 11.5 Å². The van der Waals surface area contributed by atoms with E-state index in [0.717, 1.165) is 0 Å². The molecule has 0 spiro atoms. The van der Waals surface area contributed by atoms with E-state index in [1.54, 1.807) is 12.1 Å². The number of rotatable bonds is 8. The summed E-state index contributed by atoms with van der Waals surface area (Å²) in [5.74, 6) is 0.848. The van der Waals surface area contributed by atoms with Crippen LogP contribution in [0.1, 0.15) is 5.76 Å². The molecule has 2 heterocycles. The smallest absolute Gasteiger partial charge is 0.240 e. The maximum absolute atomic E-state index is 12.2. The monoisotopic (exact) mass is 388 g/mol. The molecule has 0 saturated heterocycles. The van der Waals surface area contributed by atoms with Crippen LogP contribution < -0.4 is 18.9 Å². The van der Waals surface area contributed by atoms with Gasteiger partial charge in [0.25, 0.3) is 0 Å². The zero-order valence-corrected chi connectivity index (χ0v) is 14.6. The maximum atomic E-state index is 12.2. The standard InChI is InChI=1S/C14H16N2O7S2/c17-24(18,16-9-11-2-1-6-21-11)7-5-15-25(19,20)12-3-4-13-14(8-12)23-10-22-13/h1-4,6,8,15-16H,5,7,9-10H2. The molecule has 0 unspecified atom stereocenters. The number of ether oxygens (including phenoxy) is 2. The zero-order chi connectivity index (χ0) is 17.9. The van der Waals surface area contributed by atoms with Gasteiger partial charge in [-0.3, -0.25) is 0 Å². The van der Waals surface area contributed by atoms with Crippen molar-refractivity contribution < 1.29 is 30.7 Å². The number of benzene rings is 1. The molecule has 0 atom stereocenters. The fraction of sp³-hybridized carbons (Fsp3) is 0.286. The minimum Gasteiger partial charge on any atom is -0.468 e. The second-order valence-electron chi connectivity index (χ2n) is 5.13. The highest BCUT2D eigenvalue weighted by Crippen LogP contribution is 2.33. The van der Waals surface area contributed by atoms with Gasteiger partial charge < -0.3 is 13.9 Å². The third-order valence-corrected chi connectivity index (χ3v) is 6.15. The van der Waals surface area contributed by atoms with Gasteiger partial charge in [0.05, 0.1) is 23.5 Å². The summed E-state index contributed by atoms with van der Waals surface area (Å²) in [5.41, 5.74) is 0. The highest BCUT2D eigenvalue weighted by Gasteiger charge is 2.21. The Bertz CT molecular complexity index is 938. The summed E-state index contributed by atoms with van der Waals surface area (Å²) in [5, 5.41) is 0. The van der Waals surface area contributed by atoms with Gasteiger partial charge in [0.2, 0.25) is 26.8 Å². The molecule has 9 nitrogen and oxygen atoms in total. The predicted octanol–water partition coefficient (Wildman–Crippen LogP) is 0.406. The van der Waals surface area contributed by atoms with Crippen molar-refractivity contribution in [3.05, 3.63) is 42.4 Å². The van der Waals surface area contributed by atoms with Crippen molar-refractivity contribution >= 4 is 20.0 Å². The van der Waals surface area contributed by atoms with Gasteiger partial charge in [-0.2, -0.15) is 0 Å². The third-order valence-electron chi connectivity index (χ3n) is 3.36. The summed E-state index contributed by atoms with van der Waals surface area (Å²) in [6.45, 7) is -0.236. The lowest BCUT2D eigenvalue weighted by Gasteiger charge is -2.08. The molecule has 2 aromatic rings. The van der Waals surface area contributed by atoms with E-state index in [2.05, 4.69) is 9.44 Å². The number of fused-ring (bicyclic) bond motifs is 1. The molecule has 25 heavy (non-hydrogen) atoms. The molecule has 0 saturated carbocycles. The second kappa shape index (κ2) is 7.04. The molecule has 1 aliphatic rings. The Morgan fingerprint density at radius 2 is 1.80 bits per heavy atom. The van der Waals surface area contributed by atoms with Crippen molar-refractivity contribution in [2.45, 2.75) is 11.4 Å². The molecule has 0 fully saturated rings. The molecule has 1 aromatic heterocycles. The Balaban J connectivity index is 1.55. The van der Waals surface area contributed by atoms with E-state index in [-0.39, 0.29) is 24.8 Å². The van der Waals surface area contributed by atoms with Crippen LogP contribution in [0.2, 0.25) is 0 Å². The largest absolute Gasteiger partial charge is 0.468 e. The summed E-state index contributed by atoms with van der Waals surface area (Å²) in [7, 11) is -7.51. The summed E-state index contributed by atoms with van der Waals surface area (Å²) in [6, 6.07) is 7.44. The van der Waals surface area contributed by atoms with E-state index in [1.165, 1.54) is 24.5 Å². The third kappa shape index (κ3) is 4.51. The topological polar surface area (TPSA) is 124 Å². The lowest BCUT2D eigenvalue weighted by atomic mass is 10.3. The highest BCUT2D eigenvalue weighted by molar-refractivity contribution is 7.90. The van der Waals surface area contributed by atoms with E-state index in [4.69, 9.17) is 13.9 Å². The van der Waals surface area contributed by atoms with E-state index < -0.39 is 25.8 Å². The van der Waals surface area contributed by atoms with Gasteiger partial charge in [-0.05, 0) is 24.3 Å². The Hall–Kier alpha value is -2.08. The van der Waals surface area contributed by atoms with Gasteiger partial charge in [0.1, 0.15) is 5.76 Å². The van der Waals surface area contributed by atoms with Gasteiger partial charge in [0.15, 0.2) is 11.5 Å². The zero-order valence-electron chi connectivity index (χ0n) is 13.0. The molecule has 0 amide bonds. The maximum Gasteiger partial charge on any atom is 0.240 e. The Morgan fingerprint density at radius 3 is 2.56 bits per heavy atom. The number of hydrogen-bond donors (Lipinski definition) is 2. The summed E-state index contributed by atoms with van der Waals surface area (Å²) in [6.07, 6.45) is 1.43. The summed E-state index contributed by atoms with van der Waals surface area (Å²) < 4.78 is 68.1. The van der Waals surface area contributed by atoms with Crippen LogP contribution in [0.5, 0.6) is 11.5 Å². The average Bonchev–Trinajstić information content (AvgIpc) is 3.23. The number of nitrogens with one attached hydrogen (secondary N) is 2. The minimum atomic E-state index is -3.86. The van der Waals surface area contributed by atoms with E-state index in [0.29, 0.717) is 17.3 Å². The molecular weight excluding hydrogens is 372 g/mol. The average molecular weight is 388 g/mol. The van der Waals surface area contributed by atoms with Crippen LogP contribution in [0.3, 0.4) is 0 Å². The predicted molar refractivity (Wildman–Crippen MR) is 87.1 cm³/mol. The first-order valence-corrected chi connectivity index (χ1v) is 10.4. The summed E-state index contributed by atoms with van der Waals surface area (Å²) in [4.78, 5) is -0.0299. The first-order chi connectivity index (χ1) is 11.9. The quantitative estimate of drug-likeness (QED) is 0.671. The lowest BCUT2D eigenvalue weighted by molar-refractivity contribution is 0.174. The van der Waals surface area contributed by atoms with Crippen molar-refractivity contribution in [3.63, 3.8) is 0 Å². The Morgan fingerprint density at radius 1 is 1.00 bits per heavy atom. The van der Waals surface area contributed by atoms with Crippen LogP contribution in [0.15, 0.2) is 45.9 Å². The van der Waals surface area contributed by atoms with Crippen LogP contribution in [0.25, 0.3) is 0 Å². The first kappa shape index (κ1) is 17.7. The molecule has 1 aromatic carbocycles. The SMILES string of the molecule is O=S(=O)(CCNS(=O)(=O)c1ccc2c(c1)OCO2)NCc1ccco1. The van der Waals surface area contributed by atoms with E-state index >= 15 is 0 Å². The van der Waals surface area contributed by atoms with Gasteiger partial charge in [-0.1, -0.05) is 0 Å². The van der Waals surface area contributed by atoms with Gasteiger partial charge >= 0.3 is 0 Å². The molecular formula is C14H16N2O7S2. The van der Waals surface area contributed by atoms with Gasteiger partial charge in [0, 0.05) is 12.6 Å². The molecule has 1 aliphatic heterocycles. The fourth-order valence-electron chi connectivity index (χ4n) is 2.10. The van der Waals surface area contributed by atoms with Crippen LogP contribution in [0, 0.1) is 0 Å². The van der Waals surface area contributed by atoms with Crippen LogP contribution in [-0.4, -0.2) is 35.9 Å².